The van der Waals surface area contributed by atoms with Crippen LogP contribution in [0.3, 0.4) is 0 Å². The van der Waals surface area contributed by atoms with E-state index in [1.54, 1.807) is 0 Å². The molecule has 0 unspecified atom stereocenters. The summed E-state index contributed by atoms with van der Waals surface area (Å²) in [7, 11) is 0. The molecule has 0 atom stereocenters. The summed E-state index contributed by atoms with van der Waals surface area (Å²) in [6.07, 6.45) is -0.516. The van der Waals surface area contributed by atoms with Crippen LogP contribution in [0.15, 0.2) is 12.1 Å². The number of carbonyl (C=O) groups excluding carboxylic acids is 1. The number of hydrogen-bond acceptors (Lipinski definition) is 4. The van der Waals surface area contributed by atoms with Crippen LogP contribution in [0.2, 0.25) is 5.02 Å². The lowest BCUT2D eigenvalue weighted by Gasteiger charge is -2.18. The molecule has 0 spiro atoms. The first-order valence-electron chi connectivity index (χ1n) is 5.51. The first-order valence-corrected chi connectivity index (χ1v) is 7.78. The summed E-state index contributed by atoms with van der Waals surface area (Å²) in [6, 6.07) is 3.71. The fourth-order valence-electron chi connectivity index (χ4n) is 1.39. The van der Waals surface area contributed by atoms with Gasteiger partial charge in [0, 0.05) is 3.57 Å². The number of fused-ring (bicyclic) bond motifs is 1. The Morgan fingerprint density at radius 2 is 2.16 bits per heavy atom. The molecule has 0 radical (unpaired) electrons. The molecule has 1 N–H and O–H groups in total. The number of ether oxygens (including phenoxy) is 1. The summed E-state index contributed by atoms with van der Waals surface area (Å²) in [5.41, 5.74) is 0.261. The third-order valence-electron chi connectivity index (χ3n) is 2.05. The van der Waals surface area contributed by atoms with Crippen molar-refractivity contribution in [3.8, 4) is 0 Å². The van der Waals surface area contributed by atoms with Crippen LogP contribution in [0.25, 0.3) is 10.2 Å². The molecule has 2 rings (SSSR count). The Morgan fingerprint density at radius 3 is 2.74 bits per heavy atom. The normalized spacial score (nSPS) is 11.6. The van der Waals surface area contributed by atoms with E-state index >= 15 is 0 Å². The molecule has 19 heavy (non-hydrogen) atoms. The highest BCUT2D eigenvalue weighted by Gasteiger charge is 2.18. The second-order valence-corrected chi connectivity index (χ2v) is 7.42. The van der Waals surface area contributed by atoms with E-state index in [-0.39, 0.29) is 0 Å². The molecule has 2 aromatic rings. The van der Waals surface area contributed by atoms with Crippen LogP contribution in [0.1, 0.15) is 20.8 Å². The maximum Gasteiger partial charge on any atom is 0.413 e. The molecule has 1 amide bonds. The highest BCUT2D eigenvalue weighted by Crippen LogP contribution is 2.34. The molecule has 0 saturated carbocycles. The Kier molecular flexibility index (Phi) is 4.22. The fourth-order valence-corrected chi connectivity index (χ4v) is 3.29. The molecule has 0 aliphatic rings. The lowest BCUT2D eigenvalue weighted by molar-refractivity contribution is 0.0636. The third-order valence-corrected chi connectivity index (χ3v) is 4.36. The van der Waals surface area contributed by atoms with Crippen LogP contribution >= 0.6 is 45.5 Å². The number of carbonyl (C=O) groups is 1. The minimum absolute atomic E-state index is 0.482. The molecule has 0 bridgehead atoms. The molecule has 0 fully saturated rings. The van der Waals surface area contributed by atoms with E-state index in [9.17, 15) is 4.79 Å². The number of nitrogens with one attached hydrogen (secondary N) is 1. The predicted molar refractivity (Wildman–Crippen MR) is 87.2 cm³/mol. The smallest absolute Gasteiger partial charge is 0.413 e. The number of anilines is 1. The van der Waals surface area contributed by atoms with Gasteiger partial charge in [-0.3, -0.25) is 5.32 Å². The van der Waals surface area contributed by atoms with Gasteiger partial charge in [0.2, 0.25) is 0 Å². The Labute approximate surface area is 133 Å². The topological polar surface area (TPSA) is 51.2 Å². The van der Waals surface area contributed by atoms with Crippen LogP contribution in [-0.2, 0) is 4.74 Å². The molecular weight excluding hydrogens is 399 g/mol. The van der Waals surface area contributed by atoms with Gasteiger partial charge in [0.1, 0.15) is 5.60 Å². The lowest BCUT2D eigenvalue weighted by Crippen LogP contribution is -2.27. The standard InChI is InChI=1S/C12H12ClIN2O2S/c1-12(2,3)18-11(17)16-10-15-8-7(14)5-4-6(13)9(8)19-10/h4-5H,1-3H3,(H,15,16,17). The largest absolute Gasteiger partial charge is 0.444 e. The molecular formula is C12H12ClIN2O2S. The van der Waals surface area contributed by atoms with Crippen molar-refractivity contribution < 1.29 is 9.53 Å². The van der Waals surface area contributed by atoms with Crippen LogP contribution in [0, 0.1) is 3.57 Å². The molecule has 7 heteroatoms. The molecule has 102 valence electrons. The summed E-state index contributed by atoms with van der Waals surface area (Å²) in [4.78, 5) is 16.0. The van der Waals surface area contributed by atoms with E-state index < -0.39 is 11.7 Å². The number of amides is 1. The molecule has 0 aliphatic carbocycles. The van der Waals surface area contributed by atoms with Crippen molar-refractivity contribution in [2.45, 2.75) is 26.4 Å². The lowest BCUT2D eigenvalue weighted by atomic mass is 10.2. The number of halogens is 2. The van der Waals surface area contributed by atoms with Crippen molar-refractivity contribution in [1.29, 1.82) is 0 Å². The van der Waals surface area contributed by atoms with Gasteiger partial charge < -0.3 is 4.74 Å². The molecule has 0 aliphatic heterocycles. The van der Waals surface area contributed by atoms with Gasteiger partial charge in [-0.2, -0.15) is 0 Å². The first-order chi connectivity index (χ1) is 8.76. The zero-order valence-corrected chi connectivity index (χ0v) is 14.3. The average molecular weight is 411 g/mol. The van der Waals surface area contributed by atoms with Gasteiger partial charge in [-0.25, -0.2) is 9.78 Å². The van der Waals surface area contributed by atoms with Crippen LogP contribution in [0.4, 0.5) is 9.93 Å². The zero-order valence-electron chi connectivity index (χ0n) is 10.6. The van der Waals surface area contributed by atoms with Gasteiger partial charge >= 0.3 is 6.09 Å². The highest BCUT2D eigenvalue weighted by molar-refractivity contribution is 14.1. The summed E-state index contributed by atoms with van der Waals surface area (Å²) in [5, 5.41) is 3.74. The Hall–Kier alpha value is -0.600. The number of hydrogen-bond donors (Lipinski definition) is 1. The number of aromatic nitrogens is 1. The van der Waals surface area contributed by atoms with E-state index in [2.05, 4.69) is 32.9 Å². The Bertz CT molecular complexity index is 597. The van der Waals surface area contributed by atoms with E-state index in [0.717, 1.165) is 13.8 Å². The van der Waals surface area contributed by atoms with E-state index in [1.807, 2.05) is 32.9 Å². The second-order valence-electron chi connectivity index (χ2n) is 4.85. The highest BCUT2D eigenvalue weighted by atomic mass is 127. The summed E-state index contributed by atoms with van der Waals surface area (Å²) >= 11 is 9.63. The summed E-state index contributed by atoms with van der Waals surface area (Å²) in [6.45, 7) is 5.43. The molecule has 1 aromatic carbocycles. The van der Waals surface area contributed by atoms with Gasteiger partial charge in [0.15, 0.2) is 5.13 Å². The SMILES string of the molecule is CC(C)(C)OC(=O)Nc1nc2c(I)ccc(Cl)c2s1. The van der Waals surface area contributed by atoms with E-state index in [0.29, 0.717) is 10.2 Å². The van der Waals surface area contributed by atoms with Gasteiger partial charge in [-0.1, -0.05) is 22.9 Å². The number of thiazole rings is 1. The maximum absolute atomic E-state index is 11.7. The molecule has 1 aromatic heterocycles. The summed E-state index contributed by atoms with van der Waals surface area (Å²) < 4.78 is 7.03. The fraction of sp³-hybridized carbons (Fsp3) is 0.333. The quantitative estimate of drug-likeness (QED) is 0.680. The summed E-state index contributed by atoms with van der Waals surface area (Å²) in [5.74, 6) is 0. The van der Waals surface area contributed by atoms with Crippen molar-refractivity contribution in [3.63, 3.8) is 0 Å². The van der Waals surface area contributed by atoms with Gasteiger partial charge in [0.05, 0.1) is 15.2 Å². The van der Waals surface area contributed by atoms with Crippen molar-refractivity contribution >= 4 is 67.0 Å². The van der Waals surface area contributed by atoms with Crippen LogP contribution in [0.5, 0.6) is 0 Å². The van der Waals surface area contributed by atoms with Crippen LogP contribution < -0.4 is 5.32 Å². The van der Waals surface area contributed by atoms with Crippen molar-refractivity contribution in [2.24, 2.45) is 0 Å². The molecule has 1 heterocycles. The monoisotopic (exact) mass is 410 g/mol. The van der Waals surface area contributed by atoms with Crippen molar-refractivity contribution in [2.75, 3.05) is 5.32 Å². The molecule has 4 nitrogen and oxygen atoms in total. The van der Waals surface area contributed by atoms with Crippen molar-refractivity contribution in [1.82, 2.24) is 4.98 Å². The predicted octanol–water partition coefficient (Wildman–Crippen LogP) is 4.90. The van der Waals surface area contributed by atoms with E-state index in [4.69, 9.17) is 16.3 Å². The van der Waals surface area contributed by atoms with Crippen molar-refractivity contribution in [3.05, 3.63) is 20.7 Å². The minimum atomic E-state index is -0.535. The maximum atomic E-state index is 11.7. The zero-order chi connectivity index (χ0) is 14.2. The third kappa shape index (κ3) is 3.70. The number of nitrogens with zero attached hydrogens (tertiary/aromatic N) is 1. The van der Waals surface area contributed by atoms with Gasteiger partial charge in [-0.05, 0) is 55.5 Å². The van der Waals surface area contributed by atoms with Gasteiger partial charge in [0.25, 0.3) is 0 Å². The van der Waals surface area contributed by atoms with Gasteiger partial charge in [-0.15, -0.1) is 0 Å². The Balaban J connectivity index is 2.25. The first kappa shape index (κ1) is 14.8. The number of benzene rings is 1. The number of rotatable bonds is 1. The van der Waals surface area contributed by atoms with E-state index in [1.165, 1.54) is 11.3 Å². The second kappa shape index (κ2) is 5.41. The average Bonchev–Trinajstić information content (AvgIpc) is 2.65. The Morgan fingerprint density at radius 1 is 1.47 bits per heavy atom. The van der Waals surface area contributed by atoms with Crippen LogP contribution in [-0.4, -0.2) is 16.7 Å². The minimum Gasteiger partial charge on any atom is -0.444 e. The molecule has 0 saturated heterocycles.